The van der Waals surface area contributed by atoms with E-state index < -0.39 is 0 Å². The van der Waals surface area contributed by atoms with Gasteiger partial charge in [0.05, 0.1) is 13.2 Å². The number of benzene rings is 1. The van der Waals surface area contributed by atoms with Gasteiger partial charge >= 0.3 is 0 Å². The van der Waals surface area contributed by atoms with Crippen molar-refractivity contribution in [3.8, 4) is 0 Å². The van der Waals surface area contributed by atoms with Crippen LogP contribution in [0.3, 0.4) is 0 Å². The van der Waals surface area contributed by atoms with E-state index in [-0.39, 0.29) is 19.0 Å². The van der Waals surface area contributed by atoms with Gasteiger partial charge in [0.15, 0.2) is 0 Å². The first-order valence-electron chi connectivity index (χ1n) is 5.62. The molecule has 0 fully saturated rings. The van der Waals surface area contributed by atoms with Crippen LogP contribution in [0.5, 0.6) is 0 Å². The van der Waals surface area contributed by atoms with Crippen molar-refractivity contribution >= 4 is 0 Å². The van der Waals surface area contributed by atoms with Gasteiger partial charge in [-0.3, -0.25) is 4.90 Å². The van der Waals surface area contributed by atoms with Crippen LogP contribution in [0.4, 0.5) is 4.39 Å². The number of hydrogen-bond donors (Lipinski definition) is 3. The zero-order valence-corrected chi connectivity index (χ0v) is 9.77. The molecule has 0 unspecified atom stereocenters. The minimum absolute atomic E-state index is 0.0157. The van der Waals surface area contributed by atoms with Crippen LogP contribution in [0, 0.1) is 5.82 Å². The van der Waals surface area contributed by atoms with Gasteiger partial charge in [-0.1, -0.05) is 12.1 Å². The molecule has 1 aromatic rings. The molecule has 0 heterocycles. The molecule has 4 N–H and O–H groups in total. The molecule has 0 aromatic heterocycles. The van der Waals surface area contributed by atoms with E-state index in [1.54, 1.807) is 17.0 Å². The molecule has 5 heteroatoms. The SMILES string of the molecule is NCc1ccc(F)c(CN(CCO)CCO)c1. The Balaban J connectivity index is 2.76. The Labute approximate surface area is 100 Å². The Morgan fingerprint density at radius 1 is 1.18 bits per heavy atom. The summed E-state index contributed by atoms with van der Waals surface area (Å²) in [5.41, 5.74) is 6.91. The normalized spacial score (nSPS) is 11.1. The van der Waals surface area contributed by atoms with Crippen molar-refractivity contribution in [1.82, 2.24) is 4.90 Å². The fourth-order valence-electron chi connectivity index (χ4n) is 1.67. The van der Waals surface area contributed by atoms with Crippen LogP contribution >= 0.6 is 0 Å². The zero-order valence-electron chi connectivity index (χ0n) is 9.77. The topological polar surface area (TPSA) is 69.7 Å². The van der Waals surface area contributed by atoms with E-state index in [1.807, 2.05) is 0 Å². The first-order chi connectivity index (χ1) is 8.21. The lowest BCUT2D eigenvalue weighted by atomic mass is 10.1. The highest BCUT2D eigenvalue weighted by atomic mass is 19.1. The fourth-order valence-corrected chi connectivity index (χ4v) is 1.67. The molecule has 0 saturated carbocycles. The van der Waals surface area contributed by atoms with Crippen molar-refractivity contribution in [2.45, 2.75) is 13.1 Å². The third-order valence-electron chi connectivity index (χ3n) is 2.57. The summed E-state index contributed by atoms with van der Waals surface area (Å²) in [5.74, 6) is -0.289. The highest BCUT2D eigenvalue weighted by molar-refractivity contribution is 5.25. The molecule has 1 rings (SSSR count). The molecule has 96 valence electrons. The highest BCUT2D eigenvalue weighted by Crippen LogP contribution is 2.12. The Hall–Kier alpha value is -1.01. The van der Waals surface area contributed by atoms with Crippen LogP contribution in [0.15, 0.2) is 18.2 Å². The monoisotopic (exact) mass is 242 g/mol. The summed E-state index contributed by atoms with van der Waals surface area (Å²) < 4.78 is 13.6. The maximum absolute atomic E-state index is 13.6. The van der Waals surface area contributed by atoms with Gasteiger partial charge in [-0.05, 0) is 11.6 Å². The predicted octanol–water partition coefficient (Wildman–Crippen LogP) is 0.0710. The summed E-state index contributed by atoms with van der Waals surface area (Å²) in [6.07, 6.45) is 0. The number of aliphatic hydroxyl groups excluding tert-OH is 2. The van der Waals surface area contributed by atoms with Gasteiger partial charge in [-0.25, -0.2) is 4.39 Å². The molecule has 0 saturated heterocycles. The standard InChI is InChI=1S/C12H19FN2O2/c13-12-2-1-10(8-14)7-11(12)9-15(3-5-16)4-6-17/h1-2,7,16-17H,3-6,8-9,14H2. The molecular formula is C12H19FN2O2. The molecule has 0 aliphatic rings. The van der Waals surface area contributed by atoms with Crippen LogP contribution in [0.25, 0.3) is 0 Å². The van der Waals surface area contributed by atoms with Crippen LogP contribution in [-0.4, -0.2) is 41.4 Å². The predicted molar refractivity (Wildman–Crippen MR) is 63.7 cm³/mol. The van der Waals surface area contributed by atoms with Gasteiger partial charge in [-0.15, -0.1) is 0 Å². The summed E-state index contributed by atoms with van der Waals surface area (Å²) in [6.45, 7) is 1.52. The first kappa shape index (κ1) is 14.1. The average Bonchev–Trinajstić information content (AvgIpc) is 2.32. The second-order valence-electron chi connectivity index (χ2n) is 3.85. The molecule has 0 aliphatic heterocycles. The van der Waals surface area contributed by atoms with E-state index in [1.165, 1.54) is 6.07 Å². The molecule has 1 aromatic carbocycles. The van der Waals surface area contributed by atoms with Crippen LogP contribution in [-0.2, 0) is 13.1 Å². The minimum atomic E-state index is -0.289. The Morgan fingerprint density at radius 3 is 2.35 bits per heavy atom. The van der Waals surface area contributed by atoms with E-state index in [4.69, 9.17) is 15.9 Å². The van der Waals surface area contributed by atoms with Gasteiger partial charge < -0.3 is 15.9 Å². The molecule has 4 nitrogen and oxygen atoms in total. The second-order valence-corrected chi connectivity index (χ2v) is 3.85. The molecule has 0 radical (unpaired) electrons. The Kier molecular flexibility index (Phi) is 6.07. The number of halogens is 1. The van der Waals surface area contributed by atoms with E-state index in [2.05, 4.69) is 0 Å². The first-order valence-corrected chi connectivity index (χ1v) is 5.62. The third-order valence-corrected chi connectivity index (χ3v) is 2.57. The molecule has 0 atom stereocenters. The summed E-state index contributed by atoms with van der Waals surface area (Å²) in [5, 5.41) is 17.7. The largest absolute Gasteiger partial charge is 0.395 e. The summed E-state index contributed by atoms with van der Waals surface area (Å²) in [7, 11) is 0. The van der Waals surface area contributed by atoms with Gasteiger partial charge in [0, 0.05) is 31.7 Å². The number of hydrogen-bond acceptors (Lipinski definition) is 4. The number of aliphatic hydroxyl groups is 2. The molecule has 0 aliphatic carbocycles. The molecule has 17 heavy (non-hydrogen) atoms. The number of rotatable bonds is 7. The van der Waals surface area contributed by atoms with Crippen molar-refractivity contribution < 1.29 is 14.6 Å². The smallest absolute Gasteiger partial charge is 0.127 e. The third kappa shape index (κ3) is 4.40. The number of nitrogens with zero attached hydrogens (tertiary/aromatic N) is 1. The quantitative estimate of drug-likeness (QED) is 0.633. The summed E-state index contributed by atoms with van der Waals surface area (Å²) >= 11 is 0. The van der Waals surface area contributed by atoms with Gasteiger partial charge in [-0.2, -0.15) is 0 Å². The van der Waals surface area contributed by atoms with Gasteiger partial charge in [0.25, 0.3) is 0 Å². The zero-order chi connectivity index (χ0) is 12.7. The van der Waals surface area contributed by atoms with Gasteiger partial charge in [0.1, 0.15) is 5.82 Å². The summed E-state index contributed by atoms with van der Waals surface area (Å²) in [6, 6.07) is 4.77. The van der Waals surface area contributed by atoms with Crippen molar-refractivity contribution in [1.29, 1.82) is 0 Å². The molecule has 0 amide bonds. The second kappa shape index (κ2) is 7.34. The molecular weight excluding hydrogens is 223 g/mol. The van der Waals surface area contributed by atoms with Crippen LogP contribution < -0.4 is 5.73 Å². The number of nitrogens with two attached hydrogens (primary N) is 1. The van der Waals surface area contributed by atoms with Crippen molar-refractivity contribution in [3.05, 3.63) is 35.1 Å². The Morgan fingerprint density at radius 2 is 1.82 bits per heavy atom. The van der Waals surface area contributed by atoms with Crippen LogP contribution in [0.2, 0.25) is 0 Å². The lowest BCUT2D eigenvalue weighted by Crippen LogP contribution is -2.29. The van der Waals surface area contributed by atoms with E-state index in [9.17, 15) is 4.39 Å². The maximum atomic E-state index is 13.6. The van der Waals surface area contributed by atoms with E-state index >= 15 is 0 Å². The fraction of sp³-hybridized carbons (Fsp3) is 0.500. The average molecular weight is 242 g/mol. The van der Waals surface area contributed by atoms with E-state index in [0.717, 1.165) is 5.56 Å². The Bertz CT molecular complexity index is 341. The van der Waals surface area contributed by atoms with Crippen LogP contribution in [0.1, 0.15) is 11.1 Å². The molecule has 0 bridgehead atoms. The minimum Gasteiger partial charge on any atom is -0.395 e. The summed E-state index contributed by atoms with van der Waals surface area (Å²) in [4.78, 5) is 1.79. The lowest BCUT2D eigenvalue weighted by molar-refractivity contribution is 0.154. The maximum Gasteiger partial charge on any atom is 0.127 e. The van der Waals surface area contributed by atoms with Gasteiger partial charge in [0.2, 0.25) is 0 Å². The van der Waals surface area contributed by atoms with Crippen molar-refractivity contribution in [3.63, 3.8) is 0 Å². The lowest BCUT2D eigenvalue weighted by Gasteiger charge is -2.20. The van der Waals surface area contributed by atoms with Crippen molar-refractivity contribution in [2.24, 2.45) is 5.73 Å². The van der Waals surface area contributed by atoms with Crippen molar-refractivity contribution in [2.75, 3.05) is 26.3 Å². The highest BCUT2D eigenvalue weighted by Gasteiger charge is 2.09. The molecule has 0 spiro atoms. The van der Waals surface area contributed by atoms with E-state index in [0.29, 0.717) is 31.7 Å².